The van der Waals surface area contributed by atoms with Crippen molar-refractivity contribution in [2.24, 2.45) is 0 Å². The van der Waals surface area contributed by atoms with Gasteiger partial charge >= 0.3 is 0 Å². The van der Waals surface area contributed by atoms with E-state index < -0.39 is 5.78 Å². The second kappa shape index (κ2) is 4.64. The lowest BCUT2D eigenvalue weighted by molar-refractivity contribution is 0.101. The first-order valence-corrected chi connectivity index (χ1v) is 7.11. The molecule has 1 aliphatic rings. The molecule has 3 aromatic rings. The maximum Gasteiger partial charge on any atom is 0.235 e. The molecule has 5 nitrogen and oxygen atoms in total. The highest BCUT2D eigenvalue weighted by Crippen LogP contribution is 2.40. The monoisotopic (exact) mass is 307 g/mol. The molecule has 0 fully saturated rings. The van der Waals surface area contributed by atoms with Gasteiger partial charge in [0.15, 0.2) is 5.76 Å². The Morgan fingerprint density at radius 1 is 1.17 bits per heavy atom. The Labute approximate surface area is 131 Å². The van der Waals surface area contributed by atoms with Crippen LogP contribution in [0.3, 0.4) is 0 Å². The van der Waals surface area contributed by atoms with E-state index >= 15 is 0 Å². The number of ether oxygens (including phenoxy) is 1. The smallest absolute Gasteiger partial charge is 0.235 e. The van der Waals surface area contributed by atoms with Crippen LogP contribution in [0.25, 0.3) is 17.0 Å². The van der Waals surface area contributed by atoms with E-state index in [9.17, 15) is 15.0 Å². The number of fused-ring (bicyclic) bond motifs is 2. The Morgan fingerprint density at radius 3 is 2.83 bits per heavy atom. The van der Waals surface area contributed by atoms with Crippen molar-refractivity contribution in [3.63, 3.8) is 0 Å². The first-order chi connectivity index (χ1) is 11.0. The molecule has 114 valence electrons. The van der Waals surface area contributed by atoms with Gasteiger partial charge < -0.3 is 19.9 Å². The number of H-pyrrole nitrogens is 1. The number of aromatic hydroxyl groups is 2. The highest BCUT2D eigenvalue weighted by molar-refractivity contribution is 6.16. The van der Waals surface area contributed by atoms with Crippen molar-refractivity contribution < 1.29 is 19.7 Å². The quantitative estimate of drug-likeness (QED) is 0.601. The number of benzene rings is 2. The summed E-state index contributed by atoms with van der Waals surface area (Å²) in [6.45, 7) is 2.01. The summed E-state index contributed by atoms with van der Waals surface area (Å²) < 4.78 is 5.50. The van der Waals surface area contributed by atoms with Gasteiger partial charge in [0.05, 0.1) is 0 Å². The van der Waals surface area contributed by atoms with E-state index in [-0.39, 0.29) is 28.6 Å². The average Bonchev–Trinajstić information content (AvgIpc) is 3.01. The lowest BCUT2D eigenvalue weighted by atomic mass is 10.1. The summed E-state index contributed by atoms with van der Waals surface area (Å²) in [5.74, 6) is -0.573. The van der Waals surface area contributed by atoms with E-state index in [4.69, 9.17) is 4.74 Å². The molecule has 23 heavy (non-hydrogen) atoms. The summed E-state index contributed by atoms with van der Waals surface area (Å²) >= 11 is 0. The van der Waals surface area contributed by atoms with Crippen LogP contribution < -0.4 is 4.74 Å². The van der Waals surface area contributed by atoms with Crippen LogP contribution in [0.4, 0.5) is 0 Å². The predicted molar refractivity (Wildman–Crippen MR) is 85.7 cm³/mol. The molecule has 0 aliphatic carbocycles. The molecule has 2 aromatic carbocycles. The summed E-state index contributed by atoms with van der Waals surface area (Å²) in [6, 6.07) is 8.43. The number of aromatic amines is 1. The van der Waals surface area contributed by atoms with Gasteiger partial charge in [-0.05, 0) is 24.6 Å². The number of nitrogens with one attached hydrogen (secondary N) is 1. The first-order valence-electron chi connectivity index (χ1n) is 7.11. The number of phenols is 2. The Bertz CT molecular complexity index is 998. The highest BCUT2D eigenvalue weighted by atomic mass is 16.5. The number of Topliss-reactive ketones (excluding diaryl/α,β-unsaturated/α-hetero) is 1. The molecule has 1 aliphatic heterocycles. The zero-order chi connectivity index (χ0) is 16.1. The van der Waals surface area contributed by atoms with Crippen molar-refractivity contribution in [1.29, 1.82) is 0 Å². The third-order valence-corrected chi connectivity index (χ3v) is 3.89. The predicted octanol–water partition coefficient (Wildman–Crippen LogP) is 3.50. The van der Waals surface area contributed by atoms with E-state index in [0.717, 1.165) is 28.1 Å². The lowest BCUT2D eigenvalue weighted by Gasteiger charge is -2.00. The molecule has 1 aromatic heterocycles. The maximum absolute atomic E-state index is 12.4. The van der Waals surface area contributed by atoms with Gasteiger partial charge in [0.1, 0.15) is 22.8 Å². The number of hydrogen-bond acceptors (Lipinski definition) is 4. The van der Waals surface area contributed by atoms with Crippen LogP contribution in [-0.4, -0.2) is 21.0 Å². The fourth-order valence-electron chi connectivity index (χ4n) is 2.80. The standard InChI is InChI=1S/C18H13NO4/c1-9-2-3-12-10(8-19-13(12)4-9)5-16-18(22)17-14(21)6-11(20)7-15(17)23-16/h2-8,19-21H,1H3. The van der Waals surface area contributed by atoms with E-state index in [0.29, 0.717) is 0 Å². The number of hydrogen-bond donors (Lipinski definition) is 3. The second-order valence-electron chi connectivity index (χ2n) is 5.57. The largest absolute Gasteiger partial charge is 0.508 e. The number of carbonyl (C=O) groups is 1. The minimum absolute atomic E-state index is 0.0738. The molecule has 5 heteroatoms. The molecule has 0 saturated heterocycles. The summed E-state index contributed by atoms with van der Waals surface area (Å²) in [5, 5.41) is 20.3. The van der Waals surface area contributed by atoms with Crippen LogP contribution in [0.5, 0.6) is 17.2 Å². The van der Waals surface area contributed by atoms with Crippen molar-refractivity contribution in [3.8, 4) is 17.2 Å². The minimum atomic E-state index is -0.404. The van der Waals surface area contributed by atoms with Crippen LogP contribution in [0, 0.1) is 6.92 Å². The molecule has 0 atom stereocenters. The van der Waals surface area contributed by atoms with Gasteiger partial charge in [-0.3, -0.25) is 4.79 Å². The van der Waals surface area contributed by atoms with Crippen molar-refractivity contribution in [2.75, 3.05) is 0 Å². The van der Waals surface area contributed by atoms with Crippen LogP contribution in [-0.2, 0) is 0 Å². The molecule has 2 heterocycles. The van der Waals surface area contributed by atoms with Gasteiger partial charge in [0.2, 0.25) is 5.78 Å². The van der Waals surface area contributed by atoms with Crippen molar-refractivity contribution in [2.45, 2.75) is 6.92 Å². The topological polar surface area (TPSA) is 82.5 Å². The van der Waals surface area contributed by atoms with Gasteiger partial charge in [-0.15, -0.1) is 0 Å². The number of allylic oxidation sites excluding steroid dienone is 1. The molecular formula is C18H13NO4. The van der Waals surface area contributed by atoms with Gasteiger partial charge in [-0.1, -0.05) is 12.1 Å². The molecule has 0 spiro atoms. The van der Waals surface area contributed by atoms with E-state index in [2.05, 4.69) is 4.98 Å². The fraction of sp³-hybridized carbons (Fsp3) is 0.0556. The SMILES string of the molecule is Cc1ccc2c(C=C3Oc4cc(O)cc(O)c4C3=O)c[nH]c2c1. The second-order valence-corrected chi connectivity index (χ2v) is 5.57. The zero-order valence-electron chi connectivity index (χ0n) is 12.3. The lowest BCUT2D eigenvalue weighted by Crippen LogP contribution is -1.98. The molecule has 0 radical (unpaired) electrons. The normalized spacial score (nSPS) is 15.2. The van der Waals surface area contributed by atoms with Crippen LogP contribution >= 0.6 is 0 Å². The van der Waals surface area contributed by atoms with Crippen molar-refractivity contribution >= 4 is 22.8 Å². The number of carbonyl (C=O) groups excluding carboxylic acids is 1. The van der Waals surface area contributed by atoms with E-state index in [1.54, 1.807) is 12.3 Å². The molecule has 0 saturated carbocycles. The Hall–Kier alpha value is -3.21. The van der Waals surface area contributed by atoms with Crippen LogP contribution in [0.15, 0.2) is 42.3 Å². The molecule has 0 unspecified atom stereocenters. The third-order valence-electron chi connectivity index (χ3n) is 3.89. The Balaban J connectivity index is 1.81. The molecule has 0 bridgehead atoms. The van der Waals surface area contributed by atoms with Gasteiger partial charge in [-0.25, -0.2) is 0 Å². The first kappa shape index (κ1) is 13.5. The molecule has 0 amide bonds. The summed E-state index contributed by atoms with van der Waals surface area (Å²) in [6.07, 6.45) is 3.43. The zero-order valence-corrected chi connectivity index (χ0v) is 12.3. The Morgan fingerprint density at radius 2 is 2.00 bits per heavy atom. The average molecular weight is 307 g/mol. The van der Waals surface area contributed by atoms with E-state index in [1.807, 2.05) is 25.1 Å². The summed E-state index contributed by atoms with van der Waals surface area (Å²) in [4.78, 5) is 15.6. The molecular weight excluding hydrogens is 294 g/mol. The maximum atomic E-state index is 12.4. The van der Waals surface area contributed by atoms with Crippen LogP contribution in [0.1, 0.15) is 21.5 Å². The summed E-state index contributed by atoms with van der Waals surface area (Å²) in [7, 11) is 0. The summed E-state index contributed by atoms with van der Waals surface area (Å²) in [5.41, 5.74) is 3.00. The number of phenolic OH excluding ortho intramolecular Hbond substituents is 2. The minimum Gasteiger partial charge on any atom is -0.508 e. The number of aromatic nitrogens is 1. The number of aryl methyl sites for hydroxylation is 1. The van der Waals surface area contributed by atoms with E-state index in [1.165, 1.54) is 6.07 Å². The molecule has 3 N–H and O–H groups in total. The van der Waals surface area contributed by atoms with Crippen molar-refractivity contribution in [1.82, 2.24) is 4.98 Å². The third kappa shape index (κ3) is 2.05. The van der Waals surface area contributed by atoms with Gasteiger partial charge in [0, 0.05) is 34.8 Å². The van der Waals surface area contributed by atoms with Gasteiger partial charge in [0.25, 0.3) is 0 Å². The Kier molecular flexibility index (Phi) is 2.72. The van der Waals surface area contributed by atoms with Gasteiger partial charge in [-0.2, -0.15) is 0 Å². The highest BCUT2D eigenvalue weighted by Gasteiger charge is 2.31. The fourth-order valence-corrected chi connectivity index (χ4v) is 2.80. The van der Waals surface area contributed by atoms with Crippen molar-refractivity contribution in [3.05, 3.63) is 59.0 Å². The number of rotatable bonds is 1. The molecule has 4 rings (SSSR count). The van der Waals surface area contributed by atoms with Crippen LogP contribution in [0.2, 0.25) is 0 Å². The number of ketones is 1.